The first kappa shape index (κ1) is 21.8. The van der Waals surface area contributed by atoms with Crippen molar-refractivity contribution in [2.45, 2.75) is 39.3 Å². The van der Waals surface area contributed by atoms with Gasteiger partial charge >= 0.3 is 0 Å². The Labute approximate surface area is 171 Å². The number of carbonyl (C=O) groups excluding carboxylic acids is 2. The van der Waals surface area contributed by atoms with Crippen LogP contribution in [0.1, 0.15) is 31.4 Å². The van der Waals surface area contributed by atoms with Crippen LogP contribution in [0.15, 0.2) is 48.5 Å². The zero-order valence-electron chi connectivity index (χ0n) is 16.6. The number of amides is 2. The summed E-state index contributed by atoms with van der Waals surface area (Å²) in [6.07, 6.45) is 1.04. The smallest absolute Gasteiger partial charge is 0.242 e. The monoisotopic (exact) mass is 402 g/mol. The van der Waals surface area contributed by atoms with E-state index < -0.39 is 6.04 Å². The van der Waals surface area contributed by atoms with Gasteiger partial charge in [0.05, 0.1) is 13.5 Å². The fraction of sp³-hybridized carbons (Fsp3) is 0.364. The molecule has 2 aromatic carbocycles. The minimum atomic E-state index is -0.586. The first-order valence-corrected chi connectivity index (χ1v) is 9.77. The molecule has 0 saturated heterocycles. The van der Waals surface area contributed by atoms with Crippen molar-refractivity contribution in [1.82, 2.24) is 10.2 Å². The number of hydrogen-bond donors (Lipinski definition) is 1. The lowest BCUT2D eigenvalue weighted by Crippen LogP contribution is -2.48. The molecular formula is C22H27ClN2O3. The quantitative estimate of drug-likeness (QED) is 0.693. The summed E-state index contributed by atoms with van der Waals surface area (Å²) in [4.78, 5) is 27.2. The predicted molar refractivity (Wildman–Crippen MR) is 111 cm³/mol. The third-order valence-corrected chi connectivity index (χ3v) is 4.72. The summed E-state index contributed by atoms with van der Waals surface area (Å²) in [7, 11) is 1.60. The van der Waals surface area contributed by atoms with Crippen LogP contribution in [-0.4, -0.2) is 36.4 Å². The molecule has 1 atom stereocenters. The Hall–Kier alpha value is -2.53. The van der Waals surface area contributed by atoms with Crippen LogP contribution in [0.25, 0.3) is 0 Å². The average molecular weight is 403 g/mol. The van der Waals surface area contributed by atoms with E-state index in [4.69, 9.17) is 16.3 Å². The second-order valence-electron chi connectivity index (χ2n) is 6.64. The Morgan fingerprint density at radius 2 is 1.86 bits per heavy atom. The van der Waals surface area contributed by atoms with Gasteiger partial charge in [-0.2, -0.15) is 0 Å². The lowest BCUT2D eigenvalue weighted by Gasteiger charge is -2.29. The molecule has 0 spiro atoms. The van der Waals surface area contributed by atoms with Gasteiger partial charge in [0.15, 0.2) is 0 Å². The van der Waals surface area contributed by atoms with Crippen molar-refractivity contribution in [1.29, 1.82) is 0 Å². The predicted octanol–water partition coefficient (Wildman–Crippen LogP) is 3.83. The lowest BCUT2D eigenvalue weighted by molar-refractivity contribution is -0.140. The molecule has 0 heterocycles. The number of hydrogen-bond acceptors (Lipinski definition) is 3. The zero-order chi connectivity index (χ0) is 20.5. The molecule has 0 aliphatic carbocycles. The van der Waals surface area contributed by atoms with Gasteiger partial charge in [-0.3, -0.25) is 9.59 Å². The average Bonchev–Trinajstić information content (AvgIpc) is 2.71. The van der Waals surface area contributed by atoms with Crippen molar-refractivity contribution in [2.24, 2.45) is 0 Å². The van der Waals surface area contributed by atoms with Crippen molar-refractivity contribution >= 4 is 23.4 Å². The molecule has 0 saturated carbocycles. The highest BCUT2D eigenvalue weighted by molar-refractivity contribution is 6.30. The summed E-state index contributed by atoms with van der Waals surface area (Å²) < 4.78 is 5.27. The molecule has 0 aliphatic heterocycles. The first-order valence-electron chi connectivity index (χ1n) is 9.39. The van der Waals surface area contributed by atoms with Crippen molar-refractivity contribution < 1.29 is 14.3 Å². The second kappa shape index (κ2) is 10.7. The highest BCUT2D eigenvalue weighted by atomic mass is 35.5. The molecule has 1 N–H and O–H groups in total. The van der Waals surface area contributed by atoms with Gasteiger partial charge < -0.3 is 15.0 Å². The maximum absolute atomic E-state index is 13.1. The number of benzene rings is 2. The molecule has 2 aromatic rings. The van der Waals surface area contributed by atoms with E-state index in [1.165, 1.54) is 0 Å². The second-order valence-corrected chi connectivity index (χ2v) is 7.08. The normalized spacial score (nSPS) is 11.6. The number of halogens is 1. The fourth-order valence-corrected chi connectivity index (χ4v) is 2.95. The highest BCUT2D eigenvalue weighted by Gasteiger charge is 2.26. The molecular weight excluding hydrogens is 376 g/mol. The molecule has 5 nitrogen and oxygen atoms in total. The van der Waals surface area contributed by atoms with Crippen LogP contribution in [-0.2, 0) is 22.6 Å². The Morgan fingerprint density at radius 1 is 1.14 bits per heavy atom. The SMILES string of the molecule is CCCNC(=O)[C@H](C)N(Cc1cccc(OC)c1)C(=O)Cc1ccc(Cl)cc1. The Kier molecular flexibility index (Phi) is 8.33. The van der Waals surface area contributed by atoms with Gasteiger partial charge in [0, 0.05) is 18.1 Å². The number of nitrogens with zero attached hydrogens (tertiary/aromatic N) is 1. The lowest BCUT2D eigenvalue weighted by atomic mass is 10.1. The maximum Gasteiger partial charge on any atom is 0.242 e. The van der Waals surface area contributed by atoms with E-state index >= 15 is 0 Å². The van der Waals surface area contributed by atoms with E-state index in [9.17, 15) is 9.59 Å². The van der Waals surface area contributed by atoms with Gasteiger partial charge in [0.1, 0.15) is 11.8 Å². The molecule has 2 rings (SSSR count). The molecule has 0 bridgehead atoms. The van der Waals surface area contributed by atoms with Crippen LogP contribution >= 0.6 is 11.6 Å². The molecule has 6 heteroatoms. The van der Waals surface area contributed by atoms with Crippen LogP contribution in [0.2, 0.25) is 5.02 Å². The third kappa shape index (κ3) is 6.27. The summed E-state index contributed by atoms with van der Waals surface area (Å²) >= 11 is 5.93. The summed E-state index contributed by atoms with van der Waals surface area (Å²) in [5.41, 5.74) is 1.75. The number of nitrogens with one attached hydrogen (secondary N) is 1. The van der Waals surface area contributed by atoms with Gasteiger partial charge in [0.25, 0.3) is 0 Å². The fourth-order valence-electron chi connectivity index (χ4n) is 2.82. The molecule has 28 heavy (non-hydrogen) atoms. The number of ether oxygens (including phenoxy) is 1. The molecule has 0 unspecified atom stereocenters. The van der Waals surface area contributed by atoms with Crippen LogP contribution < -0.4 is 10.1 Å². The topological polar surface area (TPSA) is 58.6 Å². The van der Waals surface area contributed by atoms with Gasteiger partial charge in [-0.05, 0) is 48.7 Å². The number of carbonyl (C=O) groups is 2. The Morgan fingerprint density at radius 3 is 2.50 bits per heavy atom. The molecule has 0 aromatic heterocycles. The molecule has 0 radical (unpaired) electrons. The van der Waals surface area contributed by atoms with E-state index in [2.05, 4.69) is 5.32 Å². The van der Waals surface area contributed by atoms with Crippen molar-refractivity contribution in [2.75, 3.05) is 13.7 Å². The standard InChI is InChI=1S/C22H27ClN2O3/c1-4-12-24-22(27)16(2)25(15-18-6-5-7-20(13-18)28-3)21(26)14-17-8-10-19(23)11-9-17/h5-11,13,16H,4,12,14-15H2,1-3H3,(H,24,27)/t16-/m0/s1. The first-order chi connectivity index (χ1) is 13.4. The van der Waals surface area contributed by atoms with Crippen molar-refractivity contribution in [3.63, 3.8) is 0 Å². The van der Waals surface area contributed by atoms with E-state index in [0.29, 0.717) is 23.9 Å². The van der Waals surface area contributed by atoms with Gasteiger partial charge in [-0.15, -0.1) is 0 Å². The summed E-state index contributed by atoms with van der Waals surface area (Å²) in [5, 5.41) is 3.49. The van der Waals surface area contributed by atoms with Crippen molar-refractivity contribution in [3.05, 3.63) is 64.7 Å². The molecule has 150 valence electrons. The number of rotatable bonds is 9. The van der Waals surface area contributed by atoms with E-state index in [1.807, 2.05) is 43.3 Å². The van der Waals surface area contributed by atoms with Crippen LogP contribution in [0.5, 0.6) is 5.75 Å². The van der Waals surface area contributed by atoms with Crippen LogP contribution in [0.4, 0.5) is 0 Å². The summed E-state index contributed by atoms with van der Waals surface area (Å²) in [5.74, 6) is 0.434. The van der Waals surface area contributed by atoms with Gasteiger partial charge in [-0.25, -0.2) is 0 Å². The van der Waals surface area contributed by atoms with Crippen LogP contribution in [0.3, 0.4) is 0 Å². The zero-order valence-corrected chi connectivity index (χ0v) is 17.3. The van der Waals surface area contributed by atoms with E-state index in [0.717, 1.165) is 17.5 Å². The van der Waals surface area contributed by atoms with Crippen molar-refractivity contribution in [3.8, 4) is 5.75 Å². The summed E-state index contributed by atoms with van der Waals surface area (Å²) in [6, 6.07) is 14.1. The highest BCUT2D eigenvalue weighted by Crippen LogP contribution is 2.18. The van der Waals surface area contributed by atoms with E-state index in [-0.39, 0.29) is 18.2 Å². The van der Waals surface area contributed by atoms with Crippen LogP contribution in [0, 0.1) is 0 Å². The Balaban J connectivity index is 2.21. The summed E-state index contributed by atoms with van der Waals surface area (Å²) in [6.45, 7) is 4.65. The molecule has 0 fully saturated rings. The maximum atomic E-state index is 13.1. The Bertz CT molecular complexity index is 793. The number of methoxy groups -OCH3 is 1. The van der Waals surface area contributed by atoms with E-state index in [1.54, 1.807) is 31.1 Å². The molecule has 0 aliphatic rings. The molecule has 2 amide bonds. The van der Waals surface area contributed by atoms with Gasteiger partial charge in [0.2, 0.25) is 11.8 Å². The minimum Gasteiger partial charge on any atom is -0.497 e. The minimum absolute atomic E-state index is 0.121. The largest absolute Gasteiger partial charge is 0.497 e. The van der Waals surface area contributed by atoms with Gasteiger partial charge in [-0.1, -0.05) is 42.8 Å². The third-order valence-electron chi connectivity index (χ3n) is 4.47.